The molecule has 0 atom stereocenters. The van der Waals surface area contributed by atoms with E-state index >= 15 is 0 Å². The molecular formula is C11H17N3O. The molecule has 0 aliphatic carbocycles. The Morgan fingerprint density at radius 1 is 1.40 bits per heavy atom. The van der Waals surface area contributed by atoms with E-state index in [1.54, 1.807) is 0 Å². The molecule has 1 aromatic rings. The molecule has 0 saturated carbocycles. The van der Waals surface area contributed by atoms with E-state index in [2.05, 4.69) is 5.32 Å². The number of nitrogens with one attached hydrogen (secondary N) is 1. The first-order chi connectivity index (χ1) is 7.11. The van der Waals surface area contributed by atoms with Gasteiger partial charge in [0.2, 0.25) is 5.91 Å². The lowest BCUT2D eigenvalue weighted by Gasteiger charge is -2.17. The Kier molecular flexibility index (Phi) is 3.97. The summed E-state index contributed by atoms with van der Waals surface area (Å²) in [6.45, 7) is 0.570. The molecule has 82 valence electrons. The largest absolute Gasteiger partial charge is 0.383 e. The Balaban J connectivity index is 2.63. The average Bonchev–Trinajstić information content (AvgIpc) is 2.17. The van der Waals surface area contributed by atoms with Gasteiger partial charge in [0.1, 0.15) is 0 Å². The van der Waals surface area contributed by atoms with Crippen LogP contribution in [0.4, 0.5) is 11.4 Å². The standard InChI is InChI=1S/C11H17N3O/c1-14(2)10-6-4-3-5-9(10)13-8-7-11(12)15/h3-6,13H,7-8H2,1-2H3,(H2,12,15). The van der Waals surface area contributed by atoms with Gasteiger partial charge in [-0.3, -0.25) is 4.79 Å². The van der Waals surface area contributed by atoms with E-state index in [0.29, 0.717) is 13.0 Å². The maximum atomic E-state index is 10.6. The van der Waals surface area contributed by atoms with Crippen molar-refractivity contribution in [3.05, 3.63) is 24.3 Å². The number of nitrogens with zero attached hydrogens (tertiary/aromatic N) is 1. The zero-order valence-electron chi connectivity index (χ0n) is 9.16. The highest BCUT2D eigenvalue weighted by molar-refractivity contribution is 5.75. The summed E-state index contributed by atoms with van der Waals surface area (Å²) in [6.07, 6.45) is 0.349. The van der Waals surface area contributed by atoms with Gasteiger partial charge in [-0.15, -0.1) is 0 Å². The van der Waals surface area contributed by atoms with Crippen LogP contribution < -0.4 is 16.0 Å². The number of nitrogens with two attached hydrogens (primary N) is 1. The minimum Gasteiger partial charge on any atom is -0.383 e. The number of primary amides is 1. The topological polar surface area (TPSA) is 58.4 Å². The minimum atomic E-state index is -0.287. The molecule has 0 aliphatic heterocycles. The van der Waals surface area contributed by atoms with Crippen molar-refractivity contribution < 1.29 is 4.79 Å². The Morgan fingerprint density at radius 2 is 2.07 bits per heavy atom. The third-order valence-corrected chi connectivity index (χ3v) is 2.07. The van der Waals surface area contributed by atoms with Crippen LogP contribution in [0.25, 0.3) is 0 Å². The van der Waals surface area contributed by atoms with Gasteiger partial charge in [-0.05, 0) is 12.1 Å². The van der Waals surface area contributed by atoms with Crippen molar-refractivity contribution in [2.75, 3.05) is 30.9 Å². The lowest BCUT2D eigenvalue weighted by molar-refractivity contribution is -0.117. The van der Waals surface area contributed by atoms with Crippen LogP contribution in [0.15, 0.2) is 24.3 Å². The van der Waals surface area contributed by atoms with Crippen molar-refractivity contribution >= 4 is 17.3 Å². The normalized spacial score (nSPS) is 9.73. The molecule has 0 aliphatic rings. The van der Waals surface area contributed by atoms with E-state index in [0.717, 1.165) is 11.4 Å². The molecule has 0 aromatic heterocycles. The Bertz CT molecular complexity index is 336. The van der Waals surface area contributed by atoms with Crippen LogP contribution in [-0.2, 0) is 4.79 Å². The van der Waals surface area contributed by atoms with Crippen LogP contribution >= 0.6 is 0 Å². The van der Waals surface area contributed by atoms with Crippen LogP contribution in [0.2, 0.25) is 0 Å². The summed E-state index contributed by atoms with van der Waals surface area (Å²) in [5.41, 5.74) is 7.18. The van der Waals surface area contributed by atoms with Crippen molar-refractivity contribution in [3.8, 4) is 0 Å². The zero-order valence-corrected chi connectivity index (χ0v) is 9.16. The number of benzene rings is 1. The van der Waals surface area contributed by atoms with Crippen LogP contribution in [0.1, 0.15) is 6.42 Å². The quantitative estimate of drug-likeness (QED) is 0.758. The molecule has 0 saturated heterocycles. The second kappa shape index (κ2) is 5.24. The molecule has 1 aromatic carbocycles. The molecule has 1 rings (SSSR count). The molecule has 4 heteroatoms. The van der Waals surface area contributed by atoms with Gasteiger partial charge in [0.15, 0.2) is 0 Å². The SMILES string of the molecule is CN(C)c1ccccc1NCCC(N)=O. The first kappa shape index (κ1) is 11.4. The van der Waals surface area contributed by atoms with Gasteiger partial charge in [-0.1, -0.05) is 12.1 Å². The summed E-state index contributed by atoms with van der Waals surface area (Å²) in [6, 6.07) is 7.94. The van der Waals surface area contributed by atoms with E-state index in [4.69, 9.17) is 5.73 Å². The second-order valence-electron chi connectivity index (χ2n) is 3.55. The summed E-state index contributed by atoms with van der Waals surface area (Å²) < 4.78 is 0. The molecule has 0 radical (unpaired) electrons. The lowest BCUT2D eigenvalue weighted by atomic mass is 10.2. The Labute approximate surface area is 90.1 Å². The van der Waals surface area contributed by atoms with Crippen molar-refractivity contribution in [1.82, 2.24) is 0 Å². The Morgan fingerprint density at radius 3 is 2.67 bits per heavy atom. The molecule has 4 nitrogen and oxygen atoms in total. The van der Waals surface area contributed by atoms with Crippen LogP contribution in [0.5, 0.6) is 0 Å². The number of hydrogen-bond acceptors (Lipinski definition) is 3. The molecule has 15 heavy (non-hydrogen) atoms. The fourth-order valence-electron chi connectivity index (χ4n) is 1.33. The van der Waals surface area contributed by atoms with Gasteiger partial charge >= 0.3 is 0 Å². The fraction of sp³-hybridized carbons (Fsp3) is 0.364. The van der Waals surface area contributed by atoms with Crippen molar-refractivity contribution in [3.63, 3.8) is 0 Å². The number of anilines is 2. The monoisotopic (exact) mass is 207 g/mol. The zero-order chi connectivity index (χ0) is 11.3. The number of rotatable bonds is 5. The highest BCUT2D eigenvalue weighted by Crippen LogP contribution is 2.22. The first-order valence-corrected chi connectivity index (χ1v) is 4.90. The molecule has 0 bridgehead atoms. The third-order valence-electron chi connectivity index (χ3n) is 2.07. The number of para-hydroxylation sites is 2. The number of carbonyl (C=O) groups excluding carboxylic acids is 1. The number of carbonyl (C=O) groups is 1. The second-order valence-corrected chi connectivity index (χ2v) is 3.55. The number of amides is 1. The summed E-state index contributed by atoms with van der Waals surface area (Å²) >= 11 is 0. The fourth-order valence-corrected chi connectivity index (χ4v) is 1.33. The van der Waals surface area contributed by atoms with Crippen molar-refractivity contribution in [2.45, 2.75) is 6.42 Å². The van der Waals surface area contributed by atoms with Gasteiger partial charge in [0, 0.05) is 27.1 Å². The van der Waals surface area contributed by atoms with Gasteiger partial charge in [-0.2, -0.15) is 0 Å². The van der Waals surface area contributed by atoms with Gasteiger partial charge in [0.25, 0.3) is 0 Å². The third kappa shape index (κ3) is 3.50. The molecule has 3 N–H and O–H groups in total. The highest BCUT2D eigenvalue weighted by Gasteiger charge is 2.02. The average molecular weight is 207 g/mol. The molecule has 0 unspecified atom stereocenters. The van der Waals surface area contributed by atoms with Crippen molar-refractivity contribution in [1.29, 1.82) is 0 Å². The van der Waals surface area contributed by atoms with Gasteiger partial charge < -0.3 is 16.0 Å². The molecular weight excluding hydrogens is 190 g/mol. The summed E-state index contributed by atoms with van der Waals surface area (Å²) in [5, 5.41) is 3.18. The maximum absolute atomic E-state index is 10.6. The van der Waals surface area contributed by atoms with Gasteiger partial charge in [-0.25, -0.2) is 0 Å². The van der Waals surface area contributed by atoms with Crippen LogP contribution in [0, 0.1) is 0 Å². The summed E-state index contributed by atoms with van der Waals surface area (Å²) in [4.78, 5) is 12.6. The molecule has 0 spiro atoms. The molecule has 0 heterocycles. The molecule has 0 fully saturated rings. The minimum absolute atomic E-state index is 0.287. The first-order valence-electron chi connectivity index (χ1n) is 4.90. The summed E-state index contributed by atoms with van der Waals surface area (Å²) in [5.74, 6) is -0.287. The predicted octanol–water partition coefficient (Wildman–Crippen LogP) is 1.04. The van der Waals surface area contributed by atoms with E-state index in [1.165, 1.54) is 0 Å². The smallest absolute Gasteiger partial charge is 0.219 e. The molecule has 1 amide bonds. The van der Waals surface area contributed by atoms with E-state index in [-0.39, 0.29) is 5.91 Å². The summed E-state index contributed by atoms with van der Waals surface area (Å²) in [7, 11) is 3.96. The van der Waals surface area contributed by atoms with Crippen LogP contribution in [0.3, 0.4) is 0 Å². The maximum Gasteiger partial charge on any atom is 0.219 e. The van der Waals surface area contributed by atoms with E-state index in [9.17, 15) is 4.79 Å². The highest BCUT2D eigenvalue weighted by atomic mass is 16.1. The predicted molar refractivity (Wildman–Crippen MR) is 63.1 cm³/mol. The lowest BCUT2D eigenvalue weighted by Crippen LogP contribution is -2.17. The Hall–Kier alpha value is -1.71. The van der Waals surface area contributed by atoms with E-state index < -0.39 is 0 Å². The van der Waals surface area contributed by atoms with E-state index in [1.807, 2.05) is 43.3 Å². The van der Waals surface area contributed by atoms with Crippen LogP contribution in [-0.4, -0.2) is 26.5 Å². The number of hydrogen-bond donors (Lipinski definition) is 2. The van der Waals surface area contributed by atoms with Gasteiger partial charge in [0.05, 0.1) is 11.4 Å². The van der Waals surface area contributed by atoms with Crippen molar-refractivity contribution in [2.24, 2.45) is 5.73 Å².